The van der Waals surface area contributed by atoms with E-state index in [1.165, 1.54) is 0 Å². The predicted molar refractivity (Wildman–Crippen MR) is 117 cm³/mol. The van der Waals surface area contributed by atoms with Gasteiger partial charge in [-0.2, -0.15) is 0 Å². The molecule has 4 rings (SSSR count). The van der Waals surface area contributed by atoms with Crippen LogP contribution in [-0.2, 0) is 9.53 Å². The molecular formula is C25H20N2O4. The molecule has 0 atom stereocenters. The number of hydrogen-bond acceptors (Lipinski definition) is 5. The lowest BCUT2D eigenvalue weighted by Gasteiger charge is -2.07. The van der Waals surface area contributed by atoms with Crippen LogP contribution in [-0.4, -0.2) is 23.5 Å². The van der Waals surface area contributed by atoms with E-state index in [0.717, 1.165) is 16.7 Å². The Labute approximate surface area is 179 Å². The van der Waals surface area contributed by atoms with Gasteiger partial charge in [0.2, 0.25) is 5.89 Å². The summed E-state index contributed by atoms with van der Waals surface area (Å²) >= 11 is 0. The Kier molecular flexibility index (Phi) is 5.89. The summed E-state index contributed by atoms with van der Waals surface area (Å²) in [6.07, 6.45) is 0. The molecule has 31 heavy (non-hydrogen) atoms. The van der Waals surface area contributed by atoms with Crippen LogP contribution in [0.1, 0.15) is 16.2 Å². The van der Waals surface area contributed by atoms with Crippen molar-refractivity contribution in [3.63, 3.8) is 0 Å². The largest absolute Gasteiger partial charge is 0.451 e. The fraction of sp³-hybridized carbons (Fsp3) is 0.0800. The summed E-state index contributed by atoms with van der Waals surface area (Å²) in [5, 5.41) is 2.71. The Balaban J connectivity index is 1.34. The fourth-order valence-electron chi connectivity index (χ4n) is 3.06. The summed E-state index contributed by atoms with van der Waals surface area (Å²) in [7, 11) is 0. The number of esters is 1. The zero-order valence-corrected chi connectivity index (χ0v) is 16.9. The number of aromatic nitrogens is 1. The average Bonchev–Trinajstić information content (AvgIpc) is 3.21. The molecular weight excluding hydrogens is 392 g/mol. The van der Waals surface area contributed by atoms with E-state index in [9.17, 15) is 9.59 Å². The number of amides is 1. The van der Waals surface area contributed by atoms with Crippen molar-refractivity contribution in [1.29, 1.82) is 0 Å². The first-order valence-electron chi connectivity index (χ1n) is 9.75. The van der Waals surface area contributed by atoms with Crippen LogP contribution in [0.15, 0.2) is 89.3 Å². The second kappa shape index (κ2) is 9.09. The molecule has 0 saturated heterocycles. The summed E-state index contributed by atoms with van der Waals surface area (Å²) in [5.74, 6) is -0.489. The van der Waals surface area contributed by atoms with E-state index in [1.807, 2.05) is 72.8 Å². The molecule has 0 aliphatic rings. The highest BCUT2D eigenvalue weighted by molar-refractivity contribution is 5.95. The molecule has 0 spiro atoms. The molecule has 0 saturated carbocycles. The van der Waals surface area contributed by atoms with Gasteiger partial charge in [0.1, 0.15) is 5.76 Å². The molecule has 6 nitrogen and oxygen atoms in total. The predicted octanol–water partition coefficient (Wildman–Crippen LogP) is 5.11. The number of hydrogen-bond donors (Lipinski definition) is 1. The summed E-state index contributed by atoms with van der Waals surface area (Å²) in [5.41, 5.74) is 3.55. The first kappa shape index (κ1) is 20.1. The zero-order chi connectivity index (χ0) is 21.6. The first-order valence-corrected chi connectivity index (χ1v) is 9.75. The van der Waals surface area contributed by atoms with Crippen LogP contribution < -0.4 is 5.32 Å². The lowest BCUT2D eigenvalue weighted by Crippen LogP contribution is -2.21. The van der Waals surface area contributed by atoms with Gasteiger partial charge in [-0.3, -0.25) is 4.79 Å². The van der Waals surface area contributed by atoms with E-state index in [2.05, 4.69) is 10.3 Å². The van der Waals surface area contributed by atoms with Gasteiger partial charge >= 0.3 is 5.97 Å². The minimum Gasteiger partial charge on any atom is -0.451 e. The Morgan fingerprint density at radius 3 is 2.06 bits per heavy atom. The number of benzene rings is 3. The first-order chi connectivity index (χ1) is 15.1. The molecule has 1 amide bonds. The quantitative estimate of drug-likeness (QED) is 0.445. The highest BCUT2D eigenvalue weighted by atomic mass is 16.5. The van der Waals surface area contributed by atoms with Gasteiger partial charge in [-0.1, -0.05) is 60.7 Å². The van der Waals surface area contributed by atoms with Crippen LogP contribution in [0.4, 0.5) is 5.69 Å². The Morgan fingerprint density at radius 2 is 1.42 bits per heavy atom. The molecule has 4 aromatic rings. The van der Waals surface area contributed by atoms with E-state index in [4.69, 9.17) is 9.15 Å². The van der Waals surface area contributed by atoms with Crippen molar-refractivity contribution in [1.82, 2.24) is 4.98 Å². The van der Waals surface area contributed by atoms with Crippen LogP contribution in [0, 0.1) is 6.92 Å². The molecule has 154 valence electrons. The second-order valence-electron chi connectivity index (χ2n) is 6.86. The third-order valence-electron chi connectivity index (χ3n) is 4.62. The number of nitrogens with zero attached hydrogens (tertiary/aromatic N) is 1. The summed E-state index contributed by atoms with van der Waals surface area (Å²) < 4.78 is 10.7. The van der Waals surface area contributed by atoms with Crippen LogP contribution in [0.5, 0.6) is 0 Å². The number of carbonyl (C=O) groups is 2. The number of rotatable bonds is 6. The van der Waals surface area contributed by atoms with Gasteiger partial charge in [0.05, 0.1) is 0 Å². The monoisotopic (exact) mass is 412 g/mol. The number of ether oxygens (including phenoxy) is 1. The van der Waals surface area contributed by atoms with E-state index < -0.39 is 18.5 Å². The van der Waals surface area contributed by atoms with E-state index in [0.29, 0.717) is 17.3 Å². The smallest absolute Gasteiger partial charge is 0.361 e. The Bertz CT molecular complexity index is 1180. The maximum absolute atomic E-state index is 12.3. The van der Waals surface area contributed by atoms with E-state index >= 15 is 0 Å². The summed E-state index contributed by atoms with van der Waals surface area (Å²) in [6.45, 7) is 1.20. The van der Waals surface area contributed by atoms with Crippen LogP contribution in [0.2, 0.25) is 0 Å². The zero-order valence-electron chi connectivity index (χ0n) is 16.9. The van der Waals surface area contributed by atoms with Gasteiger partial charge in [-0.05, 0) is 42.3 Å². The van der Waals surface area contributed by atoms with Crippen molar-refractivity contribution in [3.8, 4) is 22.6 Å². The lowest BCUT2D eigenvalue weighted by atomic mass is 10.1. The Hall–Kier alpha value is -4.19. The normalized spacial score (nSPS) is 10.5. The van der Waals surface area contributed by atoms with Gasteiger partial charge < -0.3 is 14.5 Å². The molecule has 6 heteroatoms. The summed E-state index contributed by atoms with van der Waals surface area (Å²) in [6, 6.07) is 26.6. The van der Waals surface area contributed by atoms with Gasteiger partial charge in [-0.25, -0.2) is 9.78 Å². The van der Waals surface area contributed by atoms with E-state index in [-0.39, 0.29) is 5.69 Å². The van der Waals surface area contributed by atoms with Crippen molar-refractivity contribution >= 4 is 17.6 Å². The molecule has 0 bridgehead atoms. The third-order valence-corrected chi connectivity index (χ3v) is 4.62. The van der Waals surface area contributed by atoms with E-state index in [1.54, 1.807) is 19.1 Å². The molecule has 0 aliphatic carbocycles. The number of aryl methyl sites for hydroxylation is 1. The standard InChI is InChI=1S/C25H20N2O4/c1-17-23(27-24(31-17)20-10-6-3-7-11-20)25(29)30-16-22(28)26-21-14-12-19(13-15-21)18-8-4-2-5-9-18/h2-15H,16H2,1H3,(H,26,28). The van der Waals surface area contributed by atoms with Gasteiger partial charge in [0.25, 0.3) is 5.91 Å². The molecule has 1 heterocycles. The highest BCUT2D eigenvalue weighted by Gasteiger charge is 2.20. The van der Waals surface area contributed by atoms with Crippen molar-refractivity contribution < 1.29 is 18.7 Å². The maximum atomic E-state index is 12.3. The maximum Gasteiger partial charge on any atom is 0.361 e. The molecule has 0 unspecified atom stereocenters. The van der Waals surface area contributed by atoms with Crippen molar-refractivity contribution in [2.24, 2.45) is 0 Å². The van der Waals surface area contributed by atoms with Crippen molar-refractivity contribution in [2.75, 3.05) is 11.9 Å². The Morgan fingerprint density at radius 1 is 0.839 bits per heavy atom. The number of anilines is 1. The second-order valence-corrected chi connectivity index (χ2v) is 6.86. The lowest BCUT2D eigenvalue weighted by molar-refractivity contribution is -0.119. The van der Waals surface area contributed by atoms with Crippen LogP contribution in [0.25, 0.3) is 22.6 Å². The van der Waals surface area contributed by atoms with Gasteiger partial charge in [0, 0.05) is 11.3 Å². The highest BCUT2D eigenvalue weighted by Crippen LogP contribution is 2.22. The average molecular weight is 412 g/mol. The topological polar surface area (TPSA) is 81.4 Å². The van der Waals surface area contributed by atoms with Gasteiger partial charge in [0.15, 0.2) is 12.3 Å². The number of oxazole rings is 1. The van der Waals surface area contributed by atoms with Crippen LogP contribution >= 0.6 is 0 Å². The van der Waals surface area contributed by atoms with Crippen molar-refractivity contribution in [3.05, 3.63) is 96.4 Å². The molecule has 0 aliphatic heterocycles. The molecule has 3 aromatic carbocycles. The van der Waals surface area contributed by atoms with Crippen molar-refractivity contribution in [2.45, 2.75) is 6.92 Å². The van der Waals surface area contributed by atoms with Gasteiger partial charge in [-0.15, -0.1) is 0 Å². The minimum absolute atomic E-state index is 0.0545. The molecule has 1 N–H and O–H groups in total. The molecule has 0 fully saturated rings. The summed E-state index contributed by atoms with van der Waals surface area (Å²) in [4.78, 5) is 28.7. The molecule has 1 aromatic heterocycles. The third kappa shape index (κ3) is 4.87. The SMILES string of the molecule is Cc1oc(-c2ccccc2)nc1C(=O)OCC(=O)Nc1ccc(-c2ccccc2)cc1. The minimum atomic E-state index is -0.710. The fourth-order valence-corrected chi connectivity index (χ4v) is 3.06. The number of carbonyl (C=O) groups excluding carboxylic acids is 2. The van der Waals surface area contributed by atoms with Crippen LogP contribution in [0.3, 0.4) is 0 Å². The number of nitrogens with one attached hydrogen (secondary N) is 1. The molecule has 0 radical (unpaired) electrons.